The predicted octanol–water partition coefficient (Wildman–Crippen LogP) is 3.65. The second-order valence-corrected chi connectivity index (χ2v) is 12.2. The topological polar surface area (TPSA) is 35.5 Å². The molecule has 0 bridgehead atoms. The summed E-state index contributed by atoms with van der Waals surface area (Å²) in [6.07, 6.45) is 1.90. The molecule has 20 heavy (non-hydrogen) atoms. The number of rotatable bonds is 6. The largest absolute Gasteiger partial charge is 0.463 e. The minimum absolute atomic E-state index is 0.258. The fourth-order valence-corrected chi connectivity index (χ4v) is 6.59. The summed E-state index contributed by atoms with van der Waals surface area (Å²) in [7, 11) is -3.03. The lowest BCUT2D eigenvalue weighted by Gasteiger charge is -2.23. The second-order valence-electron chi connectivity index (χ2n) is 5.46. The Morgan fingerprint density at radius 1 is 1.25 bits per heavy atom. The number of hydrogen-bond donors (Lipinski definition) is 0. The van der Waals surface area contributed by atoms with Crippen molar-refractivity contribution in [2.45, 2.75) is 33.1 Å². The van der Waals surface area contributed by atoms with Crippen LogP contribution < -0.4 is 0 Å². The molecule has 0 aliphatic carbocycles. The quantitative estimate of drug-likeness (QED) is 0.457. The highest BCUT2D eigenvalue weighted by molar-refractivity contribution is 6.81. The fraction of sp³-hybridized carbons (Fsp3) is 0.400. The van der Waals surface area contributed by atoms with Gasteiger partial charge in [-0.15, -0.1) is 0 Å². The summed E-state index contributed by atoms with van der Waals surface area (Å²) in [5.41, 5.74) is 0.999. The molecule has 1 aromatic carbocycles. The van der Waals surface area contributed by atoms with Crippen LogP contribution in [0.2, 0.25) is 26.2 Å². The van der Waals surface area contributed by atoms with Crippen LogP contribution in [0.3, 0.4) is 0 Å². The van der Waals surface area contributed by atoms with Crippen molar-refractivity contribution in [3.63, 3.8) is 0 Å². The molecule has 0 unspecified atom stereocenters. The molecule has 0 spiro atoms. The molecule has 0 amide bonds. The van der Waals surface area contributed by atoms with E-state index in [0.717, 1.165) is 5.56 Å². The number of hydrogen-bond acceptors (Lipinski definition) is 3. The van der Waals surface area contributed by atoms with Crippen LogP contribution in [0.15, 0.2) is 35.5 Å². The van der Waals surface area contributed by atoms with Crippen LogP contribution >= 0.6 is 0 Å². The lowest BCUT2D eigenvalue weighted by Crippen LogP contribution is -2.36. The maximum absolute atomic E-state index is 12.1. The molecule has 0 aliphatic rings. The van der Waals surface area contributed by atoms with Gasteiger partial charge in [-0.05, 0) is 44.8 Å². The Labute approximate surface area is 124 Å². The van der Waals surface area contributed by atoms with Gasteiger partial charge in [-0.2, -0.15) is 0 Å². The molecule has 0 N–H and O–H groups in total. The Kier molecular flexibility index (Phi) is 6.38. The van der Waals surface area contributed by atoms with E-state index in [2.05, 4.69) is 19.6 Å². The van der Waals surface area contributed by atoms with Gasteiger partial charge in [-0.25, -0.2) is 4.79 Å². The van der Waals surface area contributed by atoms with E-state index >= 15 is 0 Å². The van der Waals surface area contributed by atoms with Gasteiger partial charge in [-0.3, -0.25) is 0 Å². The Morgan fingerprint density at radius 3 is 2.35 bits per heavy atom. The van der Waals surface area contributed by atoms with Gasteiger partial charge >= 0.3 is 5.97 Å². The highest BCUT2D eigenvalue weighted by Crippen LogP contribution is 2.16. The molecule has 1 radical (unpaired) electrons. The van der Waals surface area contributed by atoms with Crippen molar-refractivity contribution in [2.24, 2.45) is 0 Å². The Bertz CT molecular complexity index is 464. The second kappa shape index (κ2) is 7.56. The monoisotopic (exact) mass is 307 g/mol. The molecule has 0 aliphatic heterocycles. The molecular weight excluding hydrogens is 284 g/mol. The van der Waals surface area contributed by atoms with E-state index in [9.17, 15) is 4.79 Å². The van der Waals surface area contributed by atoms with Crippen molar-refractivity contribution >= 4 is 29.4 Å². The summed E-state index contributed by atoms with van der Waals surface area (Å²) in [6.45, 7) is 10.6. The minimum atomic E-state index is -1.67. The number of esters is 1. The van der Waals surface area contributed by atoms with Crippen LogP contribution in [-0.4, -0.2) is 29.9 Å². The van der Waals surface area contributed by atoms with Crippen molar-refractivity contribution in [2.75, 3.05) is 6.61 Å². The third-order valence-corrected chi connectivity index (χ3v) is 7.23. The van der Waals surface area contributed by atoms with Crippen LogP contribution in [-0.2, 0) is 13.6 Å². The summed E-state index contributed by atoms with van der Waals surface area (Å²) >= 11 is 0. The van der Waals surface area contributed by atoms with E-state index in [-0.39, 0.29) is 5.97 Å². The first-order valence-electron chi connectivity index (χ1n) is 6.80. The van der Waals surface area contributed by atoms with Crippen molar-refractivity contribution in [3.8, 4) is 0 Å². The van der Waals surface area contributed by atoms with Crippen LogP contribution in [0.5, 0.6) is 0 Å². The molecule has 0 saturated heterocycles. The number of carbonyl (C=O) groups is 1. The highest BCUT2D eigenvalue weighted by Gasteiger charge is 2.27. The maximum Gasteiger partial charge on any atom is 0.332 e. The molecule has 109 valence electrons. The smallest absolute Gasteiger partial charge is 0.332 e. The van der Waals surface area contributed by atoms with Crippen molar-refractivity contribution < 1.29 is 13.6 Å². The maximum atomic E-state index is 12.1. The molecule has 0 fully saturated rings. The van der Waals surface area contributed by atoms with E-state index in [4.69, 9.17) is 8.85 Å². The molecule has 0 aromatic heterocycles. The molecule has 1 aromatic rings. The predicted molar refractivity (Wildman–Crippen MR) is 87.1 cm³/mol. The van der Waals surface area contributed by atoms with Gasteiger partial charge in [0.15, 0.2) is 8.32 Å². The molecule has 0 saturated carbocycles. The van der Waals surface area contributed by atoms with Crippen LogP contribution in [0, 0.1) is 0 Å². The molecular formula is C15H23O3Si2. The van der Waals surface area contributed by atoms with Gasteiger partial charge in [0.1, 0.15) is 0 Å². The summed E-state index contributed by atoms with van der Waals surface area (Å²) in [4.78, 5) is 12.1. The zero-order chi connectivity index (χ0) is 15.2. The zero-order valence-electron chi connectivity index (χ0n) is 12.9. The average Bonchev–Trinajstić information content (AvgIpc) is 2.35. The molecule has 5 heteroatoms. The van der Waals surface area contributed by atoms with Gasteiger partial charge in [0.05, 0.1) is 11.8 Å². The molecule has 0 atom stereocenters. The van der Waals surface area contributed by atoms with Gasteiger partial charge in [-0.1, -0.05) is 30.3 Å². The van der Waals surface area contributed by atoms with Crippen molar-refractivity contribution in [1.82, 2.24) is 0 Å². The van der Waals surface area contributed by atoms with E-state index in [0.29, 0.717) is 11.8 Å². The van der Waals surface area contributed by atoms with Gasteiger partial charge in [0.2, 0.25) is 9.04 Å². The lowest BCUT2D eigenvalue weighted by molar-refractivity contribution is -0.137. The minimum Gasteiger partial charge on any atom is -0.463 e. The van der Waals surface area contributed by atoms with Gasteiger partial charge in [0, 0.05) is 0 Å². The zero-order valence-corrected chi connectivity index (χ0v) is 14.9. The Hall–Kier alpha value is -1.18. The third-order valence-electron chi connectivity index (χ3n) is 2.44. The van der Waals surface area contributed by atoms with E-state index in [1.54, 1.807) is 0 Å². The number of ether oxygens (including phenoxy) is 1. The Balaban J connectivity index is 3.02. The Morgan fingerprint density at radius 2 is 1.85 bits per heavy atom. The van der Waals surface area contributed by atoms with Gasteiger partial charge < -0.3 is 8.85 Å². The molecule has 3 nitrogen and oxygen atoms in total. The fourth-order valence-electron chi connectivity index (χ4n) is 1.74. The van der Waals surface area contributed by atoms with E-state index < -0.39 is 17.4 Å². The van der Waals surface area contributed by atoms with E-state index in [1.807, 2.05) is 49.9 Å². The lowest BCUT2D eigenvalue weighted by atomic mass is 10.2. The summed E-state index contributed by atoms with van der Waals surface area (Å²) < 4.78 is 11.3. The SMILES string of the molecule is CCOC(=O)C(=Cc1ccccc1)[Si](C)O[Si](C)(C)C. The summed E-state index contributed by atoms with van der Waals surface area (Å²) in [5.74, 6) is -0.258. The van der Waals surface area contributed by atoms with Crippen molar-refractivity contribution in [1.29, 1.82) is 0 Å². The summed E-state index contributed by atoms with van der Waals surface area (Å²) in [5, 5.41) is 0.672. The summed E-state index contributed by atoms with van der Waals surface area (Å²) in [6, 6.07) is 9.82. The standard InChI is InChI=1S/C15H23O3Si2/c1-6-17-15(16)14(19(2)18-20(3,4)5)12-13-10-8-7-9-11-13/h7-12H,6H2,1-5H3. The first-order valence-corrected chi connectivity index (χ1v) is 12.1. The van der Waals surface area contributed by atoms with Crippen molar-refractivity contribution in [3.05, 3.63) is 41.1 Å². The average molecular weight is 308 g/mol. The first-order chi connectivity index (χ1) is 9.33. The number of benzene rings is 1. The van der Waals surface area contributed by atoms with Crippen LogP contribution in [0.4, 0.5) is 0 Å². The van der Waals surface area contributed by atoms with E-state index in [1.165, 1.54) is 0 Å². The van der Waals surface area contributed by atoms with Crippen LogP contribution in [0.25, 0.3) is 6.08 Å². The number of carbonyl (C=O) groups excluding carboxylic acids is 1. The highest BCUT2D eigenvalue weighted by atomic mass is 28.4. The van der Waals surface area contributed by atoms with Gasteiger partial charge in [0.25, 0.3) is 0 Å². The van der Waals surface area contributed by atoms with Crippen LogP contribution in [0.1, 0.15) is 12.5 Å². The normalized spacial score (nSPS) is 12.6. The molecule has 0 heterocycles. The molecule has 1 rings (SSSR count). The third kappa shape index (κ3) is 5.85. The first kappa shape index (κ1) is 16.9.